The lowest BCUT2D eigenvalue weighted by Crippen LogP contribution is -2.32. The van der Waals surface area contributed by atoms with Crippen molar-refractivity contribution in [3.8, 4) is 22.9 Å². The second kappa shape index (κ2) is 10.8. The number of hydrogen-bond donors (Lipinski definition) is 3. The maximum Gasteiger partial charge on any atom is 0.225 e. The van der Waals surface area contributed by atoms with Gasteiger partial charge in [0, 0.05) is 33.9 Å². The van der Waals surface area contributed by atoms with Crippen molar-refractivity contribution >= 4 is 28.4 Å². The molecule has 0 unspecified atom stereocenters. The summed E-state index contributed by atoms with van der Waals surface area (Å²) in [5.41, 5.74) is 4.72. The Labute approximate surface area is 223 Å². The summed E-state index contributed by atoms with van der Waals surface area (Å²) >= 11 is 6.11. The first-order chi connectivity index (χ1) is 18.4. The largest absolute Gasteiger partial charge is 0.508 e. The summed E-state index contributed by atoms with van der Waals surface area (Å²) in [4.78, 5) is 21.0. The van der Waals surface area contributed by atoms with Crippen molar-refractivity contribution in [1.29, 1.82) is 5.26 Å². The standard InChI is InChI=1S/C30H22ClFN4O2/c31-22-10-19(11-23(32)14-22)12-28(30-25(5-2-8-34-30)20-4-1-3-18(9-20)16-33)36-29(38)13-21-17-35-27-7-6-24(37)15-26(21)27/h1-11,14-15,17,28,35,37H,12-13H2,(H,36,38)/t28-/m0/s1. The van der Waals surface area contributed by atoms with Crippen molar-refractivity contribution in [3.05, 3.63) is 118 Å². The van der Waals surface area contributed by atoms with Crippen molar-refractivity contribution in [2.75, 3.05) is 0 Å². The number of halogens is 2. The number of amides is 1. The van der Waals surface area contributed by atoms with Gasteiger partial charge < -0.3 is 15.4 Å². The molecule has 0 radical (unpaired) electrons. The molecule has 5 aromatic rings. The van der Waals surface area contributed by atoms with Gasteiger partial charge >= 0.3 is 0 Å². The Morgan fingerprint density at radius 1 is 1.13 bits per heavy atom. The lowest BCUT2D eigenvalue weighted by molar-refractivity contribution is -0.121. The predicted octanol–water partition coefficient (Wildman–Crippen LogP) is 6.24. The fraction of sp³-hybridized carbons (Fsp3) is 0.100. The van der Waals surface area contributed by atoms with Gasteiger partial charge in [-0.2, -0.15) is 5.26 Å². The molecule has 0 aliphatic heterocycles. The zero-order valence-electron chi connectivity index (χ0n) is 20.1. The van der Waals surface area contributed by atoms with Gasteiger partial charge in [0.2, 0.25) is 5.91 Å². The molecule has 1 amide bonds. The lowest BCUT2D eigenvalue weighted by Gasteiger charge is -2.22. The molecule has 6 nitrogen and oxygen atoms in total. The van der Waals surface area contributed by atoms with Crippen LogP contribution >= 0.6 is 11.6 Å². The number of rotatable bonds is 7. The first-order valence-corrected chi connectivity index (χ1v) is 12.3. The summed E-state index contributed by atoms with van der Waals surface area (Å²) in [5.74, 6) is -0.638. The van der Waals surface area contributed by atoms with E-state index in [0.717, 1.165) is 27.6 Å². The van der Waals surface area contributed by atoms with Crippen LogP contribution in [0.2, 0.25) is 5.02 Å². The van der Waals surface area contributed by atoms with E-state index in [4.69, 9.17) is 11.6 Å². The first kappa shape index (κ1) is 25.0. The topological polar surface area (TPSA) is 102 Å². The number of benzene rings is 3. The Bertz CT molecular complexity index is 1670. The third-order valence-corrected chi connectivity index (χ3v) is 6.49. The molecule has 8 heteroatoms. The Hall–Kier alpha value is -4.67. The fourth-order valence-electron chi connectivity index (χ4n) is 4.61. The SMILES string of the molecule is N#Cc1cccc(-c2cccnc2[C@H](Cc2cc(F)cc(Cl)c2)NC(=O)Cc2c[nH]c3ccc(O)cc23)c1. The maximum absolute atomic E-state index is 14.2. The van der Waals surface area contributed by atoms with Crippen LogP contribution in [0.3, 0.4) is 0 Å². The van der Waals surface area contributed by atoms with E-state index in [0.29, 0.717) is 16.8 Å². The first-order valence-electron chi connectivity index (χ1n) is 11.9. The second-order valence-electron chi connectivity index (χ2n) is 8.95. The van der Waals surface area contributed by atoms with E-state index < -0.39 is 11.9 Å². The molecule has 3 N–H and O–H groups in total. The molecule has 0 saturated heterocycles. The van der Waals surface area contributed by atoms with Crippen LogP contribution in [0.5, 0.6) is 5.75 Å². The van der Waals surface area contributed by atoms with E-state index in [-0.39, 0.29) is 29.5 Å². The van der Waals surface area contributed by atoms with Crippen molar-refractivity contribution in [2.45, 2.75) is 18.9 Å². The number of fused-ring (bicyclic) bond motifs is 1. The molecule has 3 aromatic carbocycles. The minimum Gasteiger partial charge on any atom is -0.508 e. The Morgan fingerprint density at radius 3 is 2.82 bits per heavy atom. The van der Waals surface area contributed by atoms with E-state index in [1.165, 1.54) is 12.1 Å². The number of nitriles is 1. The molecule has 2 heterocycles. The van der Waals surface area contributed by atoms with Crippen LogP contribution in [0.1, 0.15) is 28.4 Å². The maximum atomic E-state index is 14.2. The molecule has 5 rings (SSSR count). The monoisotopic (exact) mass is 524 g/mol. The van der Waals surface area contributed by atoms with Gasteiger partial charge in [0.05, 0.1) is 29.8 Å². The molecule has 188 valence electrons. The Morgan fingerprint density at radius 2 is 2.00 bits per heavy atom. The van der Waals surface area contributed by atoms with Gasteiger partial charge in [0.15, 0.2) is 0 Å². The molecule has 0 fully saturated rings. The van der Waals surface area contributed by atoms with Crippen molar-refractivity contribution in [3.63, 3.8) is 0 Å². The van der Waals surface area contributed by atoms with E-state index in [1.54, 1.807) is 60.9 Å². The summed E-state index contributed by atoms with van der Waals surface area (Å²) in [6.45, 7) is 0. The highest BCUT2D eigenvalue weighted by Crippen LogP contribution is 2.30. The predicted molar refractivity (Wildman–Crippen MR) is 144 cm³/mol. The zero-order valence-corrected chi connectivity index (χ0v) is 20.8. The summed E-state index contributed by atoms with van der Waals surface area (Å²) < 4.78 is 14.2. The normalized spacial score (nSPS) is 11.7. The van der Waals surface area contributed by atoms with Crippen LogP contribution < -0.4 is 5.32 Å². The number of aromatic nitrogens is 2. The summed E-state index contributed by atoms with van der Waals surface area (Å²) in [5, 5.41) is 23.4. The van der Waals surface area contributed by atoms with E-state index in [2.05, 4.69) is 21.4 Å². The molecule has 0 saturated carbocycles. The van der Waals surface area contributed by atoms with Gasteiger partial charge in [0.1, 0.15) is 11.6 Å². The van der Waals surface area contributed by atoms with Gasteiger partial charge in [-0.25, -0.2) is 4.39 Å². The van der Waals surface area contributed by atoms with E-state index in [9.17, 15) is 19.6 Å². The average molecular weight is 525 g/mol. The molecular weight excluding hydrogens is 503 g/mol. The molecule has 38 heavy (non-hydrogen) atoms. The van der Waals surface area contributed by atoms with Crippen LogP contribution in [0, 0.1) is 17.1 Å². The van der Waals surface area contributed by atoms with Crippen LogP contribution in [0.4, 0.5) is 4.39 Å². The van der Waals surface area contributed by atoms with Crippen LogP contribution in [-0.4, -0.2) is 21.0 Å². The van der Waals surface area contributed by atoms with Crippen molar-refractivity contribution < 1.29 is 14.3 Å². The highest BCUT2D eigenvalue weighted by Gasteiger charge is 2.22. The molecule has 0 spiro atoms. The zero-order chi connectivity index (χ0) is 26.6. The second-order valence-corrected chi connectivity index (χ2v) is 9.39. The minimum atomic E-state index is -0.624. The number of hydrogen-bond acceptors (Lipinski definition) is 4. The number of carbonyl (C=O) groups is 1. The molecule has 2 aromatic heterocycles. The number of H-pyrrole nitrogens is 1. The third-order valence-electron chi connectivity index (χ3n) is 6.27. The summed E-state index contributed by atoms with van der Waals surface area (Å²) in [6.07, 6.45) is 3.66. The molecule has 1 atom stereocenters. The van der Waals surface area contributed by atoms with Crippen LogP contribution in [-0.2, 0) is 17.6 Å². The Balaban J connectivity index is 1.51. The van der Waals surface area contributed by atoms with Crippen molar-refractivity contribution in [2.24, 2.45) is 0 Å². The molecule has 0 aliphatic rings. The third kappa shape index (κ3) is 5.51. The van der Waals surface area contributed by atoms with Gasteiger partial charge in [-0.15, -0.1) is 0 Å². The van der Waals surface area contributed by atoms with E-state index >= 15 is 0 Å². The van der Waals surface area contributed by atoms with E-state index in [1.807, 2.05) is 12.1 Å². The fourth-order valence-corrected chi connectivity index (χ4v) is 4.85. The average Bonchev–Trinajstić information content (AvgIpc) is 3.29. The minimum absolute atomic E-state index is 0.0515. The summed E-state index contributed by atoms with van der Waals surface area (Å²) in [6, 6.07) is 21.5. The molecular formula is C30H22ClFN4O2. The van der Waals surface area contributed by atoms with Gasteiger partial charge in [0.25, 0.3) is 0 Å². The number of carbonyl (C=O) groups excluding carboxylic acids is 1. The van der Waals surface area contributed by atoms with Crippen LogP contribution in [0.15, 0.2) is 85.2 Å². The number of aromatic hydroxyl groups is 1. The molecule has 0 aliphatic carbocycles. The van der Waals surface area contributed by atoms with Gasteiger partial charge in [-0.3, -0.25) is 9.78 Å². The number of nitrogens with zero attached hydrogens (tertiary/aromatic N) is 2. The van der Waals surface area contributed by atoms with Gasteiger partial charge in [-0.05, 0) is 77.7 Å². The highest BCUT2D eigenvalue weighted by atomic mass is 35.5. The number of nitrogens with one attached hydrogen (secondary N) is 2. The number of aromatic amines is 1. The van der Waals surface area contributed by atoms with Gasteiger partial charge in [-0.1, -0.05) is 29.8 Å². The number of pyridine rings is 1. The summed E-state index contributed by atoms with van der Waals surface area (Å²) in [7, 11) is 0. The van der Waals surface area contributed by atoms with Crippen molar-refractivity contribution in [1.82, 2.24) is 15.3 Å². The smallest absolute Gasteiger partial charge is 0.225 e. The van der Waals surface area contributed by atoms with Crippen LogP contribution in [0.25, 0.3) is 22.0 Å². The number of phenols is 1. The lowest BCUT2D eigenvalue weighted by atomic mass is 9.94. The quantitative estimate of drug-likeness (QED) is 0.234. The highest BCUT2D eigenvalue weighted by molar-refractivity contribution is 6.30. The molecule has 0 bridgehead atoms. The number of phenolic OH excluding ortho intramolecular Hbond substituents is 1. The Kier molecular flexibility index (Phi) is 7.07.